The first-order valence-corrected chi connectivity index (χ1v) is 4.23. The zero-order chi connectivity index (χ0) is 13.2. The Hall–Kier alpha value is -2.03. The number of hydrogen-bond donors (Lipinski definition) is 3. The molecule has 0 amide bonds. The number of carboxylic acids is 1. The summed E-state index contributed by atoms with van der Waals surface area (Å²) < 4.78 is 39.6. The van der Waals surface area contributed by atoms with Crippen molar-refractivity contribution in [2.24, 2.45) is 5.73 Å². The molecule has 0 bridgehead atoms. The van der Waals surface area contributed by atoms with Gasteiger partial charge >= 0.3 is 12.3 Å². The Morgan fingerprint density at radius 3 is 2.53 bits per heavy atom. The number of nitrogens with two attached hydrogens (primary N) is 2. The summed E-state index contributed by atoms with van der Waals surface area (Å²) in [5, 5.41) is 8.69. The molecule has 5 N–H and O–H groups in total. The van der Waals surface area contributed by atoms with Crippen LogP contribution in [0, 0.1) is 0 Å². The van der Waals surface area contributed by atoms with Crippen LogP contribution in [0.25, 0.3) is 0 Å². The highest BCUT2D eigenvalue weighted by Gasteiger charge is 2.33. The zero-order valence-electron chi connectivity index (χ0n) is 8.28. The van der Waals surface area contributed by atoms with Crippen LogP contribution in [0.1, 0.15) is 16.2 Å². The molecule has 1 aromatic rings. The number of rotatable bonds is 3. The second-order valence-electron chi connectivity index (χ2n) is 2.93. The van der Waals surface area contributed by atoms with Crippen LogP contribution < -0.4 is 16.2 Å². The third kappa shape index (κ3) is 3.21. The summed E-state index contributed by atoms with van der Waals surface area (Å²) in [4.78, 5) is 14.2. The lowest BCUT2D eigenvalue weighted by atomic mass is 10.2. The summed E-state index contributed by atoms with van der Waals surface area (Å²) in [6, 6.07) is 0.843. The molecular weight excluding hydrogens is 243 g/mol. The van der Waals surface area contributed by atoms with E-state index in [1.165, 1.54) is 0 Å². The maximum Gasteiger partial charge on any atom is 0.573 e. The number of aromatic nitrogens is 1. The Balaban J connectivity index is 3.29. The van der Waals surface area contributed by atoms with Crippen LogP contribution in [0.4, 0.5) is 18.9 Å². The largest absolute Gasteiger partial charge is 0.573 e. The minimum Gasteiger partial charge on any atom is -0.476 e. The molecule has 9 heteroatoms. The minimum absolute atomic E-state index is 0.0733. The third-order valence-corrected chi connectivity index (χ3v) is 1.71. The predicted octanol–water partition coefficient (Wildman–Crippen LogP) is 0.719. The monoisotopic (exact) mass is 251 g/mol. The van der Waals surface area contributed by atoms with Gasteiger partial charge in [0.2, 0.25) is 0 Å². The SMILES string of the molecule is NCc1cc(OC(F)(F)F)c(N)c(C(=O)O)n1. The number of pyridine rings is 1. The Morgan fingerprint density at radius 1 is 1.53 bits per heavy atom. The molecule has 0 aliphatic heterocycles. The summed E-state index contributed by atoms with van der Waals surface area (Å²) in [5.41, 5.74) is 8.87. The topological polar surface area (TPSA) is 111 Å². The Bertz CT molecular complexity index is 448. The maximum absolute atomic E-state index is 12.0. The standard InChI is InChI=1S/C8H8F3N3O3/c9-8(10,11)17-4-1-3(2-12)14-6(5(4)13)7(15)16/h1H,2,12-13H2,(H,15,16). The van der Waals surface area contributed by atoms with Crippen LogP contribution >= 0.6 is 0 Å². The molecule has 0 saturated heterocycles. The fourth-order valence-electron chi connectivity index (χ4n) is 1.06. The van der Waals surface area contributed by atoms with Crippen molar-refractivity contribution in [1.29, 1.82) is 0 Å². The van der Waals surface area contributed by atoms with Crippen LogP contribution in [0.3, 0.4) is 0 Å². The number of hydrogen-bond acceptors (Lipinski definition) is 5. The van der Waals surface area contributed by atoms with Crippen molar-refractivity contribution in [3.05, 3.63) is 17.5 Å². The molecule has 1 aromatic heterocycles. The molecule has 1 rings (SSSR count). The summed E-state index contributed by atoms with van der Waals surface area (Å²) in [6.45, 7) is -0.241. The number of nitrogens with zero attached hydrogens (tertiary/aromatic N) is 1. The molecule has 0 aromatic carbocycles. The molecule has 94 valence electrons. The van der Waals surface area contributed by atoms with E-state index < -0.39 is 29.5 Å². The molecule has 1 heterocycles. The van der Waals surface area contributed by atoms with Crippen molar-refractivity contribution < 1.29 is 27.8 Å². The van der Waals surface area contributed by atoms with Crippen LogP contribution in [0.5, 0.6) is 5.75 Å². The number of alkyl halides is 3. The second-order valence-corrected chi connectivity index (χ2v) is 2.93. The van der Waals surface area contributed by atoms with Gasteiger partial charge in [-0.25, -0.2) is 9.78 Å². The zero-order valence-corrected chi connectivity index (χ0v) is 8.28. The van der Waals surface area contributed by atoms with Crippen molar-refractivity contribution >= 4 is 11.7 Å². The van der Waals surface area contributed by atoms with E-state index in [0.717, 1.165) is 6.07 Å². The number of nitrogen functional groups attached to an aromatic ring is 1. The van der Waals surface area contributed by atoms with Gasteiger partial charge < -0.3 is 21.3 Å². The van der Waals surface area contributed by atoms with Crippen molar-refractivity contribution in [2.45, 2.75) is 12.9 Å². The first kappa shape index (κ1) is 13.0. The summed E-state index contributed by atoms with van der Waals surface area (Å²) in [6.07, 6.45) is -4.98. The number of halogens is 3. The van der Waals surface area contributed by atoms with Gasteiger partial charge in [0.1, 0.15) is 5.69 Å². The Kier molecular flexibility index (Phi) is 3.42. The number of carbonyl (C=O) groups is 1. The third-order valence-electron chi connectivity index (χ3n) is 1.71. The van der Waals surface area contributed by atoms with E-state index in [1.54, 1.807) is 0 Å². The van der Waals surface area contributed by atoms with Crippen molar-refractivity contribution in [2.75, 3.05) is 5.73 Å². The molecular formula is C8H8F3N3O3. The van der Waals surface area contributed by atoms with E-state index in [4.69, 9.17) is 16.6 Å². The average molecular weight is 251 g/mol. The molecule has 0 spiro atoms. The van der Waals surface area contributed by atoms with Gasteiger partial charge in [-0.05, 0) is 0 Å². The quantitative estimate of drug-likeness (QED) is 0.729. The summed E-state index contributed by atoms with van der Waals surface area (Å²) in [7, 11) is 0. The van der Waals surface area contributed by atoms with Gasteiger partial charge in [0.25, 0.3) is 0 Å². The van der Waals surface area contributed by atoms with E-state index in [-0.39, 0.29) is 12.2 Å². The van der Waals surface area contributed by atoms with E-state index in [0.29, 0.717) is 0 Å². The van der Waals surface area contributed by atoms with E-state index in [1.807, 2.05) is 0 Å². The van der Waals surface area contributed by atoms with E-state index in [9.17, 15) is 18.0 Å². The number of ether oxygens (including phenoxy) is 1. The van der Waals surface area contributed by atoms with Crippen molar-refractivity contribution in [3.8, 4) is 5.75 Å². The van der Waals surface area contributed by atoms with Gasteiger partial charge in [0.05, 0.1) is 5.69 Å². The molecule has 0 radical (unpaired) electrons. The van der Waals surface area contributed by atoms with Crippen LogP contribution in [-0.2, 0) is 6.54 Å². The minimum atomic E-state index is -4.98. The summed E-state index contributed by atoms with van der Waals surface area (Å²) >= 11 is 0. The normalized spacial score (nSPS) is 11.3. The van der Waals surface area contributed by atoms with E-state index in [2.05, 4.69) is 9.72 Å². The highest BCUT2D eigenvalue weighted by molar-refractivity contribution is 5.93. The molecule has 0 saturated carbocycles. The molecule has 0 atom stereocenters. The van der Waals surface area contributed by atoms with Crippen molar-refractivity contribution in [3.63, 3.8) is 0 Å². The lowest BCUT2D eigenvalue weighted by Crippen LogP contribution is -2.20. The van der Waals surface area contributed by atoms with Gasteiger partial charge in [-0.15, -0.1) is 13.2 Å². The van der Waals surface area contributed by atoms with Gasteiger partial charge in [-0.3, -0.25) is 0 Å². The molecule has 0 unspecified atom stereocenters. The molecule has 0 aliphatic carbocycles. The van der Waals surface area contributed by atoms with Crippen LogP contribution in [0.2, 0.25) is 0 Å². The van der Waals surface area contributed by atoms with Crippen LogP contribution in [0.15, 0.2) is 6.07 Å². The molecule has 17 heavy (non-hydrogen) atoms. The average Bonchev–Trinajstić information content (AvgIpc) is 2.18. The van der Waals surface area contributed by atoms with Crippen molar-refractivity contribution in [1.82, 2.24) is 4.98 Å². The molecule has 6 nitrogen and oxygen atoms in total. The second kappa shape index (κ2) is 4.45. The first-order chi connectivity index (χ1) is 7.74. The van der Waals surface area contributed by atoms with E-state index >= 15 is 0 Å². The maximum atomic E-state index is 12.0. The number of aromatic carboxylic acids is 1. The lowest BCUT2D eigenvalue weighted by molar-refractivity contribution is -0.274. The lowest BCUT2D eigenvalue weighted by Gasteiger charge is -2.13. The number of anilines is 1. The highest BCUT2D eigenvalue weighted by atomic mass is 19.4. The molecule has 0 fully saturated rings. The highest BCUT2D eigenvalue weighted by Crippen LogP contribution is 2.30. The fourth-order valence-corrected chi connectivity index (χ4v) is 1.06. The van der Waals surface area contributed by atoms with Gasteiger partial charge in [0, 0.05) is 12.6 Å². The Labute approximate surface area is 93.0 Å². The van der Waals surface area contributed by atoms with Gasteiger partial charge in [0.15, 0.2) is 11.4 Å². The molecule has 0 aliphatic rings. The smallest absolute Gasteiger partial charge is 0.476 e. The van der Waals surface area contributed by atoms with Gasteiger partial charge in [-0.1, -0.05) is 0 Å². The summed E-state index contributed by atoms with van der Waals surface area (Å²) in [5.74, 6) is -2.39. The number of carboxylic acid groups (broad SMARTS) is 1. The Morgan fingerprint density at radius 2 is 2.12 bits per heavy atom. The fraction of sp³-hybridized carbons (Fsp3) is 0.250. The first-order valence-electron chi connectivity index (χ1n) is 4.23. The van der Waals surface area contributed by atoms with Gasteiger partial charge in [-0.2, -0.15) is 0 Å². The predicted molar refractivity (Wildman–Crippen MR) is 50.2 cm³/mol. The van der Waals surface area contributed by atoms with Crippen LogP contribution in [-0.4, -0.2) is 22.4 Å².